The first-order chi connectivity index (χ1) is 9.58. The molecule has 0 aromatic heterocycles. The van der Waals surface area contributed by atoms with E-state index < -0.39 is 0 Å². The van der Waals surface area contributed by atoms with Crippen molar-refractivity contribution in [1.29, 1.82) is 0 Å². The summed E-state index contributed by atoms with van der Waals surface area (Å²) in [7, 11) is 3.26. The lowest BCUT2D eigenvalue weighted by Gasteiger charge is -2.31. The Kier molecular flexibility index (Phi) is 7.54. The molecule has 1 heterocycles. The van der Waals surface area contributed by atoms with Crippen LogP contribution in [0, 0.1) is 5.92 Å². The molecule has 1 rings (SSSR count). The van der Waals surface area contributed by atoms with Gasteiger partial charge < -0.3 is 20.3 Å². The minimum Gasteiger partial charge on any atom is -0.383 e. The fraction of sp³-hybridized carbons (Fsp3) is 0.857. The maximum atomic E-state index is 12.3. The molecule has 116 valence electrons. The van der Waals surface area contributed by atoms with E-state index in [9.17, 15) is 9.59 Å². The van der Waals surface area contributed by atoms with Gasteiger partial charge in [0.1, 0.15) is 0 Å². The summed E-state index contributed by atoms with van der Waals surface area (Å²) in [5.41, 5.74) is 0. The number of nitrogens with zero attached hydrogens (tertiary/aromatic N) is 1. The molecular formula is C14H27N3O3. The number of amides is 2. The third-order valence-electron chi connectivity index (χ3n) is 3.77. The first kappa shape index (κ1) is 16.9. The summed E-state index contributed by atoms with van der Waals surface area (Å²) in [6, 6.07) is -0.148. The van der Waals surface area contributed by atoms with Crippen LogP contribution in [0.5, 0.6) is 0 Å². The number of methoxy groups -OCH3 is 1. The highest BCUT2D eigenvalue weighted by Gasteiger charge is 2.28. The fourth-order valence-electron chi connectivity index (χ4n) is 2.46. The monoisotopic (exact) mass is 285 g/mol. The van der Waals surface area contributed by atoms with Gasteiger partial charge >= 0.3 is 0 Å². The summed E-state index contributed by atoms with van der Waals surface area (Å²) in [5, 5.41) is 5.96. The van der Waals surface area contributed by atoms with Crippen LogP contribution >= 0.6 is 0 Å². The van der Waals surface area contributed by atoms with Crippen molar-refractivity contribution >= 4 is 11.8 Å². The van der Waals surface area contributed by atoms with Crippen molar-refractivity contribution in [2.45, 2.75) is 32.2 Å². The lowest BCUT2D eigenvalue weighted by atomic mass is 9.90. The summed E-state index contributed by atoms with van der Waals surface area (Å²) < 4.78 is 4.86. The molecule has 1 fully saturated rings. The molecule has 2 unspecified atom stereocenters. The van der Waals surface area contributed by atoms with Gasteiger partial charge in [-0.25, -0.2) is 0 Å². The van der Waals surface area contributed by atoms with Gasteiger partial charge in [0.05, 0.1) is 19.2 Å². The average molecular weight is 285 g/mol. The van der Waals surface area contributed by atoms with Gasteiger partial charge in [0, 0.05) is 20.7 Å². The molecule has 0 saturated carbocycles. The molecule has 2 amide bonds. The third kappa shape index (κ3) is 5.46. The number of hydrogen-bond acceptors (Lipinski definition) is 4. The number of rotatable bonds is 7. The SMILES string of the molecule is CCC1CCNC(C(=O)N(C)CC(=O)NCCOC)C1. The number of carbonyl (C=O) groups is 2. The quantitative estimate of drug-likeness (QED) is 0.645. The molecule has 0 aromatic carbocycles. The van der Waals surface area contributed by atoms with Gasteiger partial charge in [-0.05, 0) is 25.3 Å². The Balaban J connectivity index is 2.36. The molecule has 1 saturated heterocycles. The van der Waals surface area contributed by atoms with Crippen LogP contribution in [0.25, 0.3) is 0 Å². The van der Waals surface area contributed by atoms with E-state index in [4.69, 9.17) is 4.74 Å². The van der Waals surface area contributed by atoms with Crippen LogP contribution in [0.1, 0.15) is 26.2 Å². The average Bonchev–Trinajstić information content (AvgIpc) is 2.46. The van der Waals surface area contributed by atoms with E-state index >= 15 is 0 Å². The number of carbonyl (C=O) groups excluding carboxylic acids is 2. The number of piperidine rings is 1. The van der Waals surface area contributed by atoms with Crippen LogP contribution in [0.15, 0.2) is 0 Å². The van der Waals surface area contributed by atoms with E-state index in [1.165, 1.54) is 4.90 Å². The molecule has 0 radical (unpaired) electrons. The van der Waals surface area contributed by atoms with Crippen LogP contribution in [0.3, 0.4) is 0 Å². The topological polar surface area (TPSA) is 70.7 Å². The summed E-state index contributed by atoms with van der Waals surface area (Å²) in [5.74, 6) is 0.458. The summed E-state index contributed by atoms with van der Waals surface area (Å²) >= 11 is 0. The summed E-state index contributed by atoms with van der Waals surface area (Å²) in [4.78, 5) is 25.4. The van der Waals surface area contributed by atoms with Gasteiger partial charge in [0.2, 0.25) is 11.8 Å². The zero-order chi connectivity index (χ0) is 15.0. The molecule has 0 bridgehead atoms. The van der Waals surface area contributed by atoms with Crippen LogP contribution in [-0.2, 0) is 14.3 Å². The molecular weight excluding hydrogens is 258 g/mol. The lowest BCUT2D eigenvalue weighted by molar-refractivity contribution is -0.137. The second kappa shape index (κ2) is 8.92. The Hall–Kier alpha value is -1.14. The van der Waals surface area contributed by atoms with Gasteiger partial charge in [0.25, 0.3) is 0 Å². The van der Waals surface area contributed by atoms with Crippen molar-refractivity contribution in [3.63, 3.8) is 0 Å². The minimum atomic E-state index is -0.152. The third-order valence-corrected chi connectivity index (χ3v) is 3.77. The Morgan fingerprint density at radius 3 is 2.85 bits per heavy atom. The van der Waals surface area contributed by atoms with Crippen LogP contribution in [0.4, 0.5) is 0 Å². The van der Waals surface area contributed by atoms with Crippen molar-refractivity contribution in [1.82, 2.24) is 15.5 Å². The Bertz CT molecular complexity index is 323. The van der Waals surface area contributed by atoms with E-state index in [-0.39, 0.29) is 24.4 Å². The summed E-state index contributed by atoms with van der Waals surface area (Å²) in [6.45, 7) is 4.08. The highest BCUT2D eigenvalue weighted by molar-refractivity contribution is 5.87. The smallest absolute Gasteiger partial charge is 0.239 e. The van der Waals surface area contributed by atoms with E-state index in [0.29, 0.717) is 19.1 Å². The maximum absolute atomic E-state index is 12.3. The molecule has 20 heavy (non-hydrogen) atoms. The molecule has 0 spiro atoms. The zero-order valence-electron chi connectivity index (χ0n) is 12.8. The van der Waals surface area contributed by atoms with Gasteiger partial charge in [-0.3, -0.25) is 9.59 Å². The van der Waals surface area contributed by atoms with E-state index in [1.807, 2.05) is 0 Å². The van der Waals surface area contributed by atoms with Crippen molar-refractivity contribution in [2.75, 3.05) is 40.4 Å². The Morgan fingerprint density at radius 1 is 1.45 bits per heavy atom. The van der Waals surface area contributed by atoms with Crippen molar-refractivity contribution < 1.29 is 14.3 Å². The van der Waals surface area contributed by atoms with Crippen LogP contribution < -0.4 is 10.6 Å². The highest BCUT2D eigenvalue weighted by Crippen LogP contribution is 2.20. The van der Waals surface area contributed by atoms with Gasteiger partial charge in [-0.2, -0.15) is 0 Å². The zero-order valence-corrected chi connectivity index (χ0v) is 12.8. The van der Waals surface area contributed by atoms with E-state index in [2.05, 4.69) is 17.6 Å². The molecule has 2 atom stereocenters. The lowest BCUT2D eigenvalue weighted by Crippen LogP contribution is -2.51. The maximum Gasteiger partial charge on any atom is 0.239 e. The molecule has 0 aliphatic carbocycles. The minimum absolute atomic E-state index is 0.00467. The second-order valence-corrected chi connectivity index (χ2v) is 5.34. The van der Waals surface area contributed by atoms with Gasteiger partial charge in [-0.15, -0.1) is 0 Å². The first-order valence-corrected chi connectivity index (χ1v) is 7.32. The number of nitrogens with one attached hydrogen (secondary N) is 2. The predicted octanol–water partition coefficient (Wildman–Crippen LogP) is -0.0144. The molecule has 2 N–H and O–H groups in total. The van der Waals surface area contributed by atoms with Crippen LogP contribution in [0.2, 0.25) is 0 Å². The van der Waals surface area contributed by atoms with E-state index in [0.717, 1.165) is 25.8 Å². The number of ether oxygens (including phenoxy) is 1. The normalized spacial score (nSPS) is 22.4. The first-order valence-electron chi connectivity index (χ1n) is 7.32. The van der Waals surface area contributed by atoms with Crippen molar-refractivity contribution in [2.24, 2.45) is 5.92 Å². The fourth-order valence-corrected chi connectivity index (χ4v) is 2.46. The molecule has 0 aromatic rings. The van der Waals surface area contributed by atoms with Crippen LogP contribution in [-0.4, -0.2) is 63.2 Å². The van der Waals surface area contributed by atoms with Crippen molar-refractivity contribution in [3.05, 3.63) is 0 Å². The van der Waals surface area contributed by atoms with Gasteiger partial charge in [0.15, 0.2) is 0 Å². The molecule has 6 nitrogen and oxygen atoms in total. The predicted molar refractivity (Wildman–Crippen MR) is 77.3 cm³/mol. The number of hydrogen-bond donors (Lipinski definition) is 2. The van der Waals surface area contributed by atoms with Gasteiger partial charge in [-0.1, -0.05) is 13.3 Å². The Morgan fingerprint density at radius 2 is 2.20 bits per heavy atom. The summed E-state index contributed by atoms with van der Waals surface area (Å²) in [6.07, 6.45) is 3.10. The van der Waals surface area contributed by atoms with Crippen molar-refractivity contribution in [3.8, 4) is 0 Å². The number of likely N-dealkylation sites (N-methyl/N-ethyl adjacent to an activating group) is 1. The molecule has 1 aliphatic heterocycles. The largest absolute Gasteiger partial charge is 0.383 e. The molecule has 1 aliphatic rings. The molecule has 6 heteroatoms. The second-order valence-electron chi connectivity index (χ2n) is 5.34. The highest BCUT2D eigenvalue weighted by atomic mass is 16.5. The van der Waals surface area contributed by atoms with E-state index in [1.54, 1.807) is 14.2 Å². The standard InChI is InChI=1S/C14H27N3O3/c1-4-11-5-6-15-12(9-11)14(19)17(2)10-13(18)16-7-8-20-3/h11-12,15H,4-10H2,1-3H3,(H,16,18). The Labute approximate surface area is 121 Å².